The van der Waals surface area contributed by atoms with Crippen LogP contribution in [0.15, 0.2) is 24.3 Å². The first-order valence-electron chi connectivity index (χ1n) is 7.49. The van der Waals surface area contributed by atoms with Crippen molar-refractivity contribution in [2.75, 3.05) is 13.7 Å². The second-order valence-electron chi connectivity index (χ2n) is 6.29. The van der Waals surface area contributed by atoms with Crippen LogP contribution >= 0.6 is 0 Å². The molecule has 1 aliphatic heterocycles. The zero-order valence-corrected chi connectivity index (χ0v) is 13.3. The van der Waals surface area contributed by atoms with Crippen LogP contribution in [0.25, 0.3) is 0 Å². The number of ether oxygens (including phenoxy) is 2. The van der Waals surface area contributed by atoms with Gasteiger partial charge in [-0.15, -0.1) is 0 Å². The summed E-state index contributed by atoms with van der Waals surface area (Å²) < 4.78 is 10.5. The molecule has 21 heavy (non-hydrogen) atoms. The van der Waals surface area contributed by atoms with E-state index in [1.165, 1.54) is 18.2 Å². The predicted molar refractivity (Wildman–Crippen MR) is 82.0 cm³/mol. The third kappa shape index (κ3) is 3.83. The van der Waals surface area contributed by atoms with Gasteiger partial charge in [0, 0.05) is 5.41 Å². The SMILES string of the molecule is CCc1ccc(CC(C)(C)C2NC(C(=O)OC)CO2)cc1. The molecule has 1 aromatic carbocycles. The minimum Gasteiger partial charge on any atom is -0.468 e. The van der Waals surface area contributed by atoms with E-state index >= 15 is 0 Å². The average molecular weight is 291 g/mol. The third-order valence-electron chi connectivity index (χ3n) is 4.07. The van der Waals surface area contributed by atoms with Crippen molar-refractivity contribution in [2.24, 2.45) is 5.41 Å². The van der Waals surface area contributed by atoms with Crippen molar-refractivity contribution in [1.29, 1.82) is 0 Å². The van der Waals surface area contributed by atoms with Crippen LogP contribution in [-0.2, 0) is 27.1 Å². The lowest BCUT2D eigenvalue weighted by Gasteiger charge is -2.31. The Hall–Kier alpha value is -1.39. The fourth-order valence-corrected chi connectivity index (χ4v) is 2.71. The molecule has 1 heterocycles. The van der Waals surface area contributed by atoms with Gasteiger partial charge in [-0.2, -0.15) is 0 Å². The minimum absolute atomic E-state index is 0.101. The molecule has 1 saturated heterocycles. The van der Waals surface area contributed by atoms with Crippen LogP contribution in [0.1, 0.15) is 31.9 Å². The molecule has 2 rings (SSSR count). The number of benzene rings is 1. The Balaban J connectivity index is 1.99. The highest BCUT2D eigenvalue weighted by molar-refractivity contribution is 5.76. The normalized spacial score (nSPS) is 22.3. The van der Waals surface area contributed by atoms with Crippen molar-refractivity contribution in [1.82, 2.24) is 5.32 Å². The van der Waals surface area contributed by atoms with Crippen LogP contribution in [0, 0.1) is 5.41 Å². The maximum atomic E-state index is 11.6. The molecular formula is C17H25NO3. The summed E-state index contributed by atoms with van der Waals surface area (Å²) in [6, 6.07) is 8.33. The highest BCUT2D eigenvalue weighted by atomic mass is 16.5. The van der Waals surface area contributed by atoms with Crippen LogP contribution in [0.3, 0.4) is 0 Å². The lowest BCUT2D eigenvalue weighted by atomic mass is 9.83. The first kappa shape index (κ1) is 16.0. The molecule has 116 valence electrons. The zero-order valence-electron chi connectivity index (χ0n) is 13.3. The van der Waals surface area contributed by atoms with Crippen molar-refractivity contribution >= 4 is 5.97 Å². The van der Waals surface area contributed by atoms with E-state index in [0.29, 0.717) is 6.61 Å². The van der Waals surface area contributed by atoms with E-state index in [2.05, 4.69) is 50.4 Å². The van der Waals surface area contributed by atoms with Crippen LogP contribution < -0.4 is 5.32 Å². The quantitative estimate of drug-likeness (QED) is 0.846. The first-order valence-corrected chi connectivity index (χ1v) is 7.49. The lowest BCUT2D eigenvalue weighted by Crippen LogP contribution is -2.45. The van der Waals surface area contributed by atoms with Gasteiger partial charge in [-0.05, 0) is 24.0 Å². The molecule has 0 aliphatic carbocycles. The highest BCUT2D eigenvalue weighted by Gasteiger charge is 2.39. The number of carbonyl (C=O) groups is 1. The third-order valence-corrected chi connectivity index (χ3v) is 4.07. The topological polar surface area (TPSA) is 47.6 Å². The van der Waals surface area contributed by atoms with Gasteiger partial charge in [-0.25, -0.2) is 0 Å². The molecule has 4 heteroatoms. The number of nitrogens with one attached hydrogen (secondary N) is 1. The maximum absolute atomic E-state index is 11.6. The molecule has 0 aromatic heterocycles. The minimum atomic E-state index is -0.359. The van der Waals surface area contributed by atoms with Gasteiger partial charge in [-0.1, -0.05) is 45.0 Å². The largest absolute Gasteiger partial charge is 0.468 e. The van der Waals surface area contributed by atoms with Gasteiger partial charge in [0.1, 0.15) is 12.3 Å². The number of carbonyl (C=O) groups excluding carboxylic acids is 1. The van der Waals surface area contributed by atoms with E-state index < -0.39 is 0 Å². The molecule has 0 bridgehead atoms. The van der Waals surface area contributed by atoms with Gasteiger partial charge >= 0.3 is 5.97 Å². The summed E-state index contributed by atoms with van der Waals surface area (Å²) >= 11 is 0. The van der Waals surface area contributed by atoms with E-state index in [9.17, 15) is 4.79 Å². The summed E-state index contributed by atoms with van der Waals surface area (Å²) in [5, 5.41) is 3.23. The smallest absolute Gasteiger partial charge is 0.325 e. The standard InChI is InChI=1S/C17H25NO3/c1-5-12-6-8-13(9-7-12)10-17(2,3)16-18-14(11-21-16)15(19)20-4/h6-9,14,16,18H,5,10-11H2,1-4H3. The van der Waals surface area contributed by atoms with Crippen molar-refractivity contribution in [3.8, 4) is 0 Å². The molecule has 0 spiro atoms. The summed E-state index contributed by atoms with van der Waals surface area (Å²) in [4.78, 5) is 11.6. The Bertz CT molecular complexity index is 481. The number of hydrogen-bond acceptors (Lipinski definition) is 4. The fraction of sp³-hybridized carbons (Fsp3) is 0.588. The van der Waals surface area contributed by atoms with Crippen LogP contribution in [0.4, 0.5) is 0 Å². The summed E-state index contributed by atoms with van der Waals surface area (Å²) in [7, 11) is 1.40. The zero-order chi connectivity index (χ0) is 15.5. The molecule has 2 atom stereocenters. The van der Waals surface area contributed by atoms with Gasteiger partial charge in [0.15, 0.2) is 0 Å². The molecular weight excluding hydrogens is 266 g/mol. The summed E-state index contributed by atoms with van der Waals surface area (Å²) in [6.45, 7) is 6.83. The van der Waals surface area contributed by atoms with Gasteiger partial charge in [0.25, 0.3) is 0 Å². The molecule has 1 aliphatic rings. The predicted octanol–water partition coefficient (Wildman–Crippen LogP) is 2.31. The number of rotatable bonds is 5. The molecule has 2 unspecified atom stereocenters. The van der Waals surface area contributed by atoms with E-state index in [4.69, 9.17) is 9.47 Å². The van der Waals surface area contributed by atoms with Gasteiger partial charge in [0.2, 0.25) is 0 Å². The van der Waals surface area contributed by atoms with Gasteiger partial charge < -0.3 is 9.47 Å². The fourth-order valence-electron chi connectivity index (χ4n) is 2.71. The lowest BCUT2D eigenvalue weighted by molar-refractivity contribution is -0.142. The van der Waals surface area contributed by atoms with E-state index in [0.717, 1.165) is 12.8 Å². The van der Waals surface area contributed by atoms with Crippen molar-refractivity contribution in [2.45, 2.75) is 45.9 Å². The van der Waals surface area contributed by atoms with Crippen molar-refractivity contribution < 1.29 is 14.3 Å². The average Bonchev–Trinajstić information content (AvgIpc) is 2.97. The van der Waals surface area contributed by atoms with Gasteiger partial charge in [0.05, 0.1) is 13.7 Å². The summed E-state index contributed by atoms with van der Waals surface area (Å²) in [5.41, 5.74) is 2.53. The van der Waals surface area contributed by atoms with E-state index in [1.54, 1.807) is 0 Å². The number of aryl methyl sites for hydroxylation is 1. The Kier molecular flexibility index (Phi) is 5.01. The maximum Gasteiger partial charge on any atom is 0.325 e. The monoisotopic (exact) mass is 291 g/mol. The molecule has 0 radical (unpaired) electrons. The molecule has 1 fully saturated rings. The Morgan fingerprint density at radius 1 is 1.33 bits per heavy atom. The number of esters is 1. The number of methoxy groups -OCH3 is 1. The second-order valence-corrected chi connectivity index (χ2v) is 6.29. The van der Waals surface area contributed by atoms with E-state index in [1.807, 2.05) is 0 Å². The van der Waals surface area contributed by atoms with Crippen molar-refractivity contribution in [3.63, 3.8) is 0 Å². The molecule has 0 saturated carbocycles. The Labute approximate surface area is 126 Å². The highest BCUT2D eigenvalue weighted by Crippen LogP contribution is 2.30. The Morgan fingerprint density at radius 3 is 2.52 bits per heavy atom. The molecule has 4 nitrogen and oxygen atoms in total. The van der Waals surface area contributed by atoms with Crippen LogP contribution in [0.2, 0.25) is 0 Å². The summed E-state index contributed by atoms with van der Waals surface area (Å²) in [6.07, 6.45) is 1.80. The van der Waals surface area contributed by atoms with Gasteiger partial charge in [-0.3, -0.25) is 10.1 Å². The van der Waals surface area contributed by atoms with Crippen LogP contribution in [0.5, 0.6) is 0 Å². The Morgan fingerprint density at radius 2 is 1.95 bits per heavy atom. The molecule has 1 N–H and O–H groups in total. The van der Waals surface area contributed by atoms with E-state index in [-0.39, 0.29) is 23.7 Å². The second kappa shape index (κ2) is 6.58. The molecule has 1 aromatic rings. The van der Waals surface area contributed by atoms with Crippen molar-refractivity contribution in [3.05, 3.63) is 35.4 Å². The molecule has 0 amide bonds. The van der Waals surface area contributed by atoms with Crippen LogP contribution in [-0.4, -0.2) is 32.0 Å². The first-order chi connectivity index (χ1) is 9.96. The summed E-state index contributed by atoms with van der Waals surface area (Å²) in [5.74, 6) is -0.263. The number of hydrogen-bond donors (Lipinski definition) is 1.